The number of nitro groups is 1. The van der Waals surface area contributed by atoms with E-state index in [1.54, 1.807) is 13.0 Å². The van der Waals surface area contributed by atoms with Crippen LogP contribution in [-0.4, -0.2) is 13.3 Å². The van der Waals surface area contributed by atoms with E-state index in [0.717, 1.165) is 23.3 Å². The highest BCUT2D eigenvalue weighted by molar-refractivity contribution is 7.92. The van der Waals surface area contributed by atoms with Gasteiger partial charge in [-0.15, -0.1) is 0 Å². The number of hydrogen-bond donors (Lipinski definition) is 1. The molecule has 0 aromatic heterocycles. The van der Waals surface area contributed by atoms with Crippen LogP contribution in [0.3, 0.4) is 0 Å². The van der Waals surface area contributed by atoms with Crippen molar-refractivity contribution < 1.29 is 13.3 Å². The fourth-order valence-corrected chi connectivity index (χ4v) is 3.25. The molecule has 0 aliphatic carbocycles. The number of aryl methyl sites for hydroxylation is 2. The van der Waals surface area contributed by atoms with Gasteiger partial charge in [-0.2, -0.15) is 0 Å². The predicted molar refractivity (Wildman–Crippen MR) is 84.8 cm³/mol. The largest absolute Gasteiger partial charge is 0.278 e. The minimum absolute atomic E-state index is 0.0756. The summed E-state index contributed by atoms with van der Waals surface area (Å²) in [5.41, 5.74) is 1.72. The van der Waals surface area contributed by atoms with Gasteiger partial charge in [0.15, 0.2) is 0 Å². The zero-order chi connectivity index (χ0) is 16.5. The van der Waals surface area contributed by atoms with Gasteiger partial charge in [-0.3, -0.25) is 14.8 Å². The summed E-state index contributed by atoms with van der Waals surface area (Å²) in [6.07, 6.45) is 0. The van der Waals surface area contributed by atoms with E-state index in [0.29, 0.717) is 5.02 Å². The first-order valence-electron chi connectivity index (χ1n) is 6.25. The summed E-state index contributed by atoms with van der Waals surface area (Å²) in [5, 5.41) is 10.9. The van der Waals surface area contributed by atoms with Gasteiger partial charge in [0.05, 0.1) is 20.5 Å². The van der Waals surface area contributed by atoms with Crippen LogP contribution in [0.25, 0.3) is 0 Å². The number of nitro benzene ring substituents is 1. The molecule has 0 spiro atoms. The molecule has 2 aromatic rings. The molecule has 8 heteroatoms. The van der Waals surface area contributed by atoms with Crippen LogP contribution in [0, 0.1) is 24.0 Å². The third-order valence-corrected chi connectivity index (χ3v) is 4.88. The number of nitrogens with zero attached hydrogens (tertiary/aromatic N) is 1. The average molecular weight is 341 g/mol. The normalized spacial score (nSPS) is 11.2. The SMILES string of the molecule is Cc1cc(C)c(Cl)c(NS(=O)(=O)c2ccc([N+](=O)[O-])cc2)c1. The molecule has 2 aromatic carbocycles. The molecule has 0 amide bonds. The fourth-order valence-electron chi connectivity index (χ4n) is 1.97. The van der Waals surface area contributed by atoms with Crippen LogP contribution in [0.1, 0.15) is 11.1 Å². The minimum Gasteiger partial charge on any atom is -0.278 e. The lowest BCUT2D eigenvalue weighted by molar-refractivity contribution is -0.384. The van der Waals surface area contributed by atoms with Gasteiger partial charge < -0.3 is 0 Å². The highest BCUT2D eigenvalue weighted by Crippen LogP contribution is 2.29. The Morgan fingerprint density at radius 2 is 1.73 bits per heavy atom. The topological polar surface area (TPSA) is 89.3 Å². The fraction of sp³-hybridized carbons (Fsp3) is 0.143. The van der Waals surface area contributed by atoms with E-state index in [-0.39, 0.29) is 16.3 Å². The van der Waals surface area contributed by atoms with Crippen LogP contribution in [0.2, 0.25) is 5.02 Å². The molecule has 0 fully saturated rings. The van der Waals surface area contributed by atoms with Gasteiger partial charge in [0.25, 0.3) is 15.7 Å². The maximum atomic E-state index is 12.3. The molecule has 0 radical (unpaired) electrons. The molecule has 6 nitrogen and oxygen atoms in total. The van der Waals surface area contributed by atoms with E-state index in [4.69, 9.17) is 11.6 Å². The molecule has 0 saturated heterocycles. The van der Waals surface area contributed by atoms with E-state index in [9.17, 15) is 18.5 Å². The first kappa shape index (κ1) is 16.3. The molecule has 0 saturated carbocycles. The highest BCUT2D eigenvalue weighted by atomic mass is 35.5. The number of benzene rings is 2. The molecular weight excluding hydrogens is 328 g/mol. The lowest BCUT2D eigenvalue weighted by Gasteiger charge is -2.12. The van der Waals surface area contributed by atoms with Crippen LogP contribution >= 0.6 is 11.6 Å². The Morgan fingerprint density at radius 1 is 1.14 bits per heavy atom. The summed E-state index contributed by atoms with van der Waals surface area (Å²) in [6, 6.07) is 8.09. The second-order valence-corrected chi connectivity index (χ2v) is 6.86. The quantitative estimate of drug-likeness (QED) is 0.679. The Balaban J connectivity index is 2.38. The number of anilines is 1. The summed E-state index contributed by atoms with van der Waals surface area (Å²) in [5.74, 6) is 0. The number of halogens is 1. The van der Waals surface area contributed by atoms with Crippen molar-refractivity contribution in [3.05, 3.63) is 62.7 Å². The Labute approximate surface area is 132 Å². The molecule has 0 bridgehead atoms. The van der Waals surface area contributed by atoms with Crippen molar-refractivity contribution in [3.8, 4) is 0 Å². The molecule has 0 heterocycles. The molecule has 2 rings (SSSR count). The summed E-state index contributed by atoms with van der Waals surface area (Å²) >= 11 is 6.11. The standard InChI is InChI=1S/C14H13ClN2O4S/c1-9-7-10(2)14(15)13(8-9)16-22(20,21)12-5-3-11(4-6-12)17(18)19/h3-8,16H,1-2H3. The first-order chi connectivity index (χ1) is 10.2. The average Bonchev–Trinajstić information content (AvgIpc) is 2.44. The monoisotopic (exact) mass is 340 g/mol. The lowest BCUT2D eigenvalue weighted by atomic mass is 10.1. The molecular formula is C14H13ClN2O4S. The van der Waals surface area contributed by atoms with E-state index in [2.05, 4.69) is 4.72 Å². The van der Waals surface area contributed by atoms with Crippen molar-refractivity contribution in [2.24, 2.45) is 0 Å². The van der Waals surface area contributed by atoms with Gasteiger partial charge in [0.2, 0.25) is 0 Å². The zero-order valence-corrected chi connectivity index (χ0v) is 13.4. The van der Waals surface area contributed by atoms with E-state index < -0.39 is 14.9 Å². The molecule has 1 N–H and O–H groups in total. The predicted octanol–water partition coefficient (Wildman–Crippen LogP) is 3.67. The Morgan fingerprint density at radius 3 is 2.27 bits per heavy atom. The molecule has 0 aliphatic rings. The van der Waals surface area contributed by atoms with Gasteiger partial charge >= 0.3 is 0 Å². The van der Waals surface area contributed by atoms with E-state index >= 15 is 0 Å². The molecule has 22 heavy (non-hydrogen) atoms. The second kappa shape index (κ2) is 5.94. The van der Waals surface area contributed by atoms with Gasteiger partial charge in [-0.1, -0.05) is 17.7 Å². The van der Waals surface area contributed by atoms with Crippen LogP contribution in [0.5, 0.6) is 0 Å². The summed E-state index contributed by atoms with van der Waals surface area (Å²) in [7, 11) is -3.87. The summed E-state index contributed by atoms with van der Waals surface area (Å²) < 4.78 is 27.0. The second-order valence-electron chi connectivity index (χ2n) is 4.80. The van der Waals surface area contributed by atoms with Crippen molar-refractivity contribution in [2.75, 3.05) is 4.72 Å². The van der Waals surface area contributed by atoms with Crippen LogP contribution in [0.4, 0.5) is 11.4 Å². The van der Waals surface area contributed by atoms with Crippen molar-refractivity contribution in [3.63, 3.8) is 0 Å². The lowest BCUT2D eigenvalue weighted by Crippen LogP contribution is -2.13. The maximum absolute atomic E-state index is 12.3. The van der Waals surface area contributed by atoms with Crippen LogP contribution < -0.4 is 4.72 Å². The smallest absolute Gasteiger partial charge is 0.269 e. The molecule has 116 valence electrons. The first-order valence-corrected chi connectivity index (χ1v) is 8.11. The maximum Gasteiger partial charge on any atom is 0.269 e. The summed E-state index contributed by atoms with van der Waals surface area (Å²) in [4.78, 5) is 9.93. The van der Waals surface area contributed by atoms with Crippen molar-refractivity contribution >= 4 is 33.0 Å². The van der Waals surface area contributed by atoms with Gasteiger partial charge in [-0.05, 0) is 43.2 Å². The molecule has 0 aliphatic heterocycles. The zero-order valence-electron chi connectivity index (χ0n) is 11.8. The Bertz CT molecular complexity index is 833. The van der Waals surface area contributed by atoms with E-state index in [1.807, 2.05) is 13.0 Å². The van der Waals surface area contributed by atoms with Gasteiger partial charge in [-0.25, -0.2) is 8.42 Å². The number of hydrogen-bond acceptors (Lipinski definition) is 4. The highest BCUT2D eigenvalue weighted by Gasteiger charge is 2.18. The van der Waals surface area contributed by atoms with Crippen molar-refractivity contribution in [1.82, 2.24) is 0 Å². The third kappa shape index (κ3) is 3.37. The number of nitrogens with one attached hydrogen (secondary N) is 1. The van der Waals surface area contributed by atoms with Gasteiger partial charge in [0.1, 0.15) is 0 Å². The minimum atomic E-state index is -3.87. The third-order valence-electron chi connectivity index (χ3n) is 3.00. The van der Waals surface area contributed by atoms with Crippen molar-refractivity contribution in [2.45, 2.75) is 18.7 Å². The Kier molecular flexibility index (Phi) is 4.39. The Hall–Kier alpha value is -2.12. The number of sulfonamides is 1. The van der Waals surface area contributed by atoms with Crippen LogP contribution in [0.15, 0.2) is 41.3 Å². The molecule has 0 atom stereocenters. The number of rotatable bonds is 4. The van der Waals surface area contributed by atoms with Crippen molar-refractivity contribution in [1.29, 1.82) is 0 Å². The molecule has 0 unspecified atom stereocenters. The summed E-state index contributed by atoms with van der Waals surface area (Å²) in [6.45, 7) is 3.60. The van der Waals surface area contributed by atoms with Crippen LogP contribution in [-0.2, 0) is 10.0 Å². The van der Waals surface area contributed by atoms with Gasteiger partial charge in [0, 0.05) is 12.1 Å². The van der Waals surface area contributed by atoms with E-state index in [1.165, 1.54) is 12.1 Å². The number of non-ortho nitro benzene ring substituents is 1.